The summed E-state index contributed by atoms with van der Waals surface area (Å²) in [6.07, 6.45) is 0. The molecule has 2 aromatic rings. The van der Waals surface area contributed by atoms with E-state index in [1.807, 2.05) is 19.2 Å². The number of benzene rings is 1. The lowest BCUT2D eigenvalue weighted by molar-refractivity contribution is 0.0984. The van der Waals surface area contributed by atoms with Gasteiger partial charge in [0.15, 0.2) is 5.13 Å². The summed E-state index contributed by atoms with van der Waals surface area (Å²) >= 11 is 1.34. The first-order chi connectivity index (χ1) is 11.5. The number of halogens is 1. The first-order valence-corrected chi connectivity index (χ1v) is 8.48. The van der Waals surface area contributed by atoms with Crippen molar-refractivity contribution < 1.29 is 14.0 Å². The van der Waals surface area contributed by atoms with Gasteiger partial charge in [-0.1, -0.05) is 0 Å². The van der Waals surface area contributed by atoms with Crippen molar-refractivity contribution in [1.29, 1.82) is 0 Å². The number of carbonyl (C=O) groups is 2. The van der Waals surface area contributed by atoms with Gasteiger partial charge in [-0.25, -0.2) is 14.2 Å². The smallest absolute Gasteiger partial charge is 0.321 e. The molecule has 1 aliphatic rings. The van der Waals surface area contributed by atoms with E-state index in [1.165, 1.54) is 39.3 Å². The zero-order valence-electron chi connectivity index (χ0n) is 13.4. The van der Waals surface area contributed by atoms with E-state index in [4.69, 9.17) is 0 Å². The van der Waals surface area contributed by atoms with Gasteiger partial charge >= 0.3 is 6.03 Å². The molecule has 3 amide bonds. The number of rotatable bonds is 4. The van der Waals surface area contributed by atoms with Gasteiger partial charge in [0.25, 0.3) is 5.91 Å². The molecule has 0 unspecified atom stereocenters. The molecule has 0 radical (unpaired) electrons. The predicted octanol–water partition coefficient (Wildman–Crippen LogP) is 2.79. The predicted molar refractivity (Wildman–Crippen MR) is 91.3 cm³/mol. The van der Waals surface area contributed by atoms with E-state index < -0.39 is 11.7 Å². The number of nitrogens with one attached hydrogen (secondary N) is 1. The average molecular weight is 348 g/mol. The second-order valence-electron chi connectivity index (χ2n) is 5.37. The Morgan fingerprint density at radius 2 is 2.29 bits per heavy atom. The lowest BCUT2D eigenvalue weighted by Crippen LogP contribution is -2.32. The molecular weight excluding hydrogens is 331 g/mol. The lowest BCUT2D eigenvalue weighted by atomic mass is 10.1. The van der Waals surface area contributed by atoms with Gasteiger partial charge in [-0.2, -0.15) is 0 Å². The van der Waals surface area contributed by atoms with Crippen molar-refractivity contribution in [3.63, 3.8) is 0 Å². The quantitative estimate of drug-likeness (QED) is 0.924. The third-order valence-electron chi connectivity index (χ3n) is 3.75. The molecule has 1 N–H and O–H groups in total. The largest absolute Gasteiger partial charge is 0.336 e. The second kappa shape index (κ2) is 6.56. The van der Waals surface area contributed by atoms with Gasteiger partial charge in [-0.15, -0.1) is 11.3 Å². The summed E-state index contributed by atoms with van der Waals surface area (Å²) in [6, 6.07) is 3.89. The molecule has 2 heterocycles. The highest BCUT2D eigenvalue weighted by Gasteiger charge is 2.26. The Kier molecular flexibility index (Phi) is 4.48. The van der Waals surface area contributed by atoms with Crippen LogP contribution in [-0.4, -0.2) is 36.6 Å². The van der Waals surface area contributed by atoms with Crippen LogP contribution in [0.1, 0.15) is 23.0 Å². The van der Waals surface area contributed by atoms with Crippen molar-refractivity contribution in [2.75, 3.05) is 29.4 Å². The normalized spacial score (nSPS) is 14.0. The van der Waals surface area contributed by atoms with Gasteiger partial charge in [0.05, 0.1) is 11.3 Å². The van der Waals surface area contributed by atoms with Crippen LogP contribution in [0, 0.1) is 12.7 Å². The fourth-order valence-electron chi connectivity index (χ4n) is 2.54. The number of thiazole rings is 1. The number of urea groups is 1. The first-order valence-electron chi connectivity index (χ1n) is 7.60. The standard InChI is InChI=1S/C16H17FN4O2S/c1-3-20(16-19-10(2)9-24-16)14(22)12-8-11(4-5-13(12)17)21-7-6-18-15(21)23/h4-5,8-9H,3,6-7H2,1-2H3,(H,18,23). The van der Waals surface area contributed by atoms with E-state index in [2.05, 4.69) is 10.3 Å². The first kappa shape index (κ1) is 16.4. The van der Waals surface area contributed by atoms with E-state index in [9.17, 15) is 14.0 Å². The number of amides is 3. The summed E-state index contributed by atoms with van der Waals surface area (Å²) in [6.45, 7) is 5.04. The van der Waals surface area contributed by atoms with Crippen LogP contribution in [-0.2, 0) is 0 Å². The van der Waals surface area contributed by atoms with Crippen LogP contribution < -0.4 is 15.1 Å². The van der Waals surface area contributed by atoms with Gasteiger partial charge < -0.3 is 5.32 Å². The molecule has 0 atom stereocenters. The molecule has 1 fully saturated rings. The van der Waals surface area contributed by atoms with Crippen LogP contribution in [0.2, 0.25) is 0 Å². The second-order valence-corrected chi connectivity index (χ2v) is 6.21. The highest BCUT2D eigenvalue weighted by atomic mass is 32.1. The molecule has 1 saturated heterocycles. The Hall–Kier alpha value is -2.48. The number of nitrogens with zero attached hydrogens (tertiary/aromatic N) is 3. The maximum absolute atomic E-state index is 14.2. The van der Waals surface area contributed by atoms with Crippen molar-refractivity contribution in [1.82, 2.24) is 10.3 Å². The maximum Gasteiger partial charge on any atom is 0.321 e. The molecule has 0 spiro atoms. The minimum atomic E-state index is -0.616. The lowest BCUT2D eigenvalue weighted by Gasteiger charge is -2.20. The highest BCUT2D eigenvalue weighted by molar-refractivity contribution is 7.14. The van der Waals surface area contributed by atoms with E-state index in [0.29, 0.717) is 30.5 Å². The van der Waals surface area contributed by atoms with Crippen molar-refractivity contribution in [3.8, 4) is 0 Å². The summed E-state index contributed by atoms with van der Waals surface area (Å²) in [7, 11) is 0. The molecule has 1 aliphatic heterocycles. The minimum absolute atomic E-state index is 0.0677. The van der Waals surface area contributed by atoms with Gasteiger partial charge in [-0.05, 0) is 32.0 Å². The number of hydrogen-bond donors (Lipinski definition) is 1. The molecule has 1 aromatic heterocycles. The average Bonchev–Trinajstić information content (AvgIpc) is 3.17. The van der Waals surface area contributed by atoms with E-state index in [1.54, 1.807) is 0 Å². The van der Waals surface area contributed by atoms with Crippen molar-refractivity contribution in [2.24, 2.45) is 0 Å². The summed E-state index contributed by atoms with van der Waals surface area (Å²) in [5.74, 6) is -1.08. The van der Waals surface area contributed by atoms with Crippen molar-refractivity contribution in [2.45, 2.75) is 13.8 Å². The molecule has 0 saturated carbocycles. The van der Waals surface area contributed by atoms with Gasteiger partial charge in [0.1, 0.15) is 5.82 Å². The monoisotopic (exact) mass is 348 g/mol. The van der Waals surface area contributed by atoms with Gasteiger partial charge in [-0.3, -0.25) is 14.6 Å². The number of hydrogen-bond acceptors (Lipinski definition) is 4. The molecule has 0 aliphatic carbocycles. The number of anilines is 2. The zero-order valence-corrected chi connectivity index (χ0v) is 14.2. The molecule has 8 heteroatoms. The van der Waals surface area contributed by atoms with Crippen molar-refractivity contribution >= 4 is 34.1 Å². The van der Waals surface area contributed by atoms with Crippen LogP contribution in [0.3, 0.4) is 0 Å². The summed E-state index contributed by atoms with van der Waals surface area (Å²) in [5, 5.41) is 5.05. The third-order valence-corrected chi connectivity index (χ3v) is 4.73. The molecular formula is C16H17FN4O2S. The topological polar surface area (TPSA) is 65.5 Å². The molecule has 0 bridgehead atoms. The zero-order chi connectivity index (χ0) is 17.3. The number of aryl methyl sites for hydroxylation is 1. The van der Waals surface area contributed by atoms with Crippen LogP contribution in [0.4, 0.5) is 20.0 Å². The highest BCUT2D eigenvalue weighted by Crippen LogP contribution is 2.25. The summed E-state index contributed by atoms with van der Waals surface area (Å²) < 4.78 is 14.2. The molecule has 1 aromatic carbocycles. The minimum Gasteiger partial charge on any atom is -0.336 e. The Balaban J connectivity index is 1.95. The Bertz CT molecular complexity index is 792. The van der Waals surface area contributed by atoms with Crippen LogP contribution in [0.5, 0.6) is 0 Å². The third kappa shape index (κ3) is 2.96. The summed E-state index contributed by atoms with van der Waals surface area (Å²) in [4.78, 5) is 31.8. The van der Waals surface area contributed by atoms with Crippen LogP contribution >= 0.6 is 11.3 Å². The fraction of sp³-hybridized carbons (Fsp3) is 0.312. The van der Waals surface area contributed by atoms with Gasteiger partial charge in [0.2, 0.25) is 0 Å². The van der Waals surface area contributed by atoms with E-state index in [0.717, 1.165) is 5.69 Å². The number of aromatic nitrogens is 1. The molecule has 126 valence electrons. The van der Waals surface area contributed by atoms with E-state index in [-0.39, 0.29) is 11.6 Å². The van der Waals surface area contributed by atoms with Crippen LogP contribution in [0.15, 0.2) is 23.6 Å². The molecule has 24 heavy (non-hydrogen) atoms. The fourth-order valence-corrected chi connectivity index (χ4v) is 3.40. The van der Waals surface area contributed by atoms with Crippen molar-refractivity contribution in [3.05, 3.63) is 40.7 Å². The van der Waals surface area contributed by atoms with Gasteiger partial charge in [0, 0.05) is 30.7 Å². The Morgan fingerprint density at radius 1 is 1.50 bits per heavy atom. The Labute approximate surface area is 142 Å². The summed E-state index contributed by atoms with van der Waals surface area (Å²) in [5.41, 5.74) is 1.24. The van der Waals surface area contributed by atoms with E-state index >= 15 is 0 Å². The molecule has 6 nitrogen and oxygen atoms in total. The number of carbonyl (C=O) groups excluding carboxylic acids is 2. The maximum atomic E-state index is 14.2. The SMILES string of the molecule is CCN(C(=O)c1cc(N2CCNC2=O)ccc1F)c1nc(C)cs1. The Morgan fingerprint density at radius 3 is 2.88 bits per heavy atom. The molecule has 3 rings (SSSR count). The van der Waals surface area contributed by atoms with Crippen LogP contribution in [0.25, 0.3) is 0 Å².